The molecule has 7 heteroatoms. The molecular formula is C24H23N3O3S. The van der Waals surface area contributed by atoms with E-state index in [1.807, 2.05) is 49.4 Å². The Bertz CT molecular complexity index is 1120. The average molecular weight is 434 g/mol. The summed E-state index contributed by atoms with van der Waals surface area (Å²) in [6.07, 6.45) is 3.76. The molecule has 3 aromatic rings. The standard InChI is InChI=1S/C24H23N3O3S/c1-3-24(22(28)26-23(29)27-24)20-14-25-12-11-21(20)31-19-9-7-18(8-10-19)30-15-17-6-4-5-16(2)13-17/h4-14H,3,15H2,1-2H3,(H2,26,27,28,29). The molecule has 1 aliphatic heterocycles. The minimum Gasteiger partial charge on any atom is -0.489 e. The third kappa shape index (κ3) is 4.41. The number of carbonyl (C=O) groups excluding carboxylic acids is 2. The Kier molecular flexibility index (Phi) is 5.95. The van der Waals surface area contributed by atoms with Crippen LogP contribution in [0.2, 0.25) is 0 Å². The van der Waals surface area contributed by atoms with Crippen LogP contribution < -0.4 is 15.4 Å². The molecular weight excluding hydrogens is 410 g/mol. The van der Waals surface area contributed by atoms with Gasteiger partial charge < -0.3 is 10.1 Å². The fourth-order valence-corrected chi connectivity index (χ4v) is 4.60. The highest BCUT2D eigenvalue weighted by atomic mass is 32.2. The summed E-state index contributed by atoms with van der Waals surface area (Å²) in [4.78, 5) is 30.4. The lowest BCUT2D eigenvalue weighted by Gasteiger charge is -2.26. The Morgan fingerprint density at radius 3 is 2.58 bits per heavy atom. The van der Waals surface area contributed by atoms with E-state index < -0.39 is 11.6 Å². The Morgan fingerprint density at radius 2 is 1.90 bits per heavy atom. The number of hydrogen-bond acceptors (Lipinski definition) is 5. The smallest absolute Gasteiger partial charge is 0.322 e. The van der Waals surface area contributed by atoms with E-state index in [1.165, 1.54) is 17.3 Å². The van der Waals surface area contributed by atoms with Crippen LogP contribution in [0, 0.1) is 6.92 Å². The molecule has 4 rings (SSSR count). The van der Waals surface area contributed by atoms with Crippen LogP contribution in [-0.4, -0.2) is 16.9 Å². The summed E-state index contributed by atoms with van der Waals surface area (Å²) in [5, 5.41) is 5.13. The maximum absolute atomic E-state index is 12.5. The van der Waals surface area contributed by atoms with Crippen molar-refractivity contribution < 1.29 is 14.3 Å². The van der Waals surface area contributed by atoms with Gasteiger partial charge in [0.1, 0.15) is 17.9 Å². The summed E-state index contributed by atoms with van der Waals surface area (Å²) >= 11 is 1.52. The monoisotopic (exact) mass is 433 g/mol. The van der Waals surface area contributed by atoms with Gasteiger partial charge in [-0.05, 0) is 49.2 Å². The van der Waals surface area contributed by atoms with Crippen molar-refractivity contribution in [3.8, 4) is 5.75 Å². The third-order valence-electron chi connectivity index (χ3n) is 5.25. The van der Waals surface area contributed by atoms with Crippen LogP contribution in [0.1, 0.15) is 30.0 Å². The fourth-order valence-electron chi connectivity index (χ4n) is 3.61. The second-order valence-electron chi connectivity index (χ2n) is 7.39. The second kappa shape index (κ2) is 8.81. The Hall–Kier alpha value is -3.32. The summed E-state index contributed by atoms with van der Waals surface area (Å²) in [7, 11) is 0. The number of aromatic nitrogens is 1. The molecule has 0 bridgehead atoms. The molecule has 1 aliphatic rings. The van der Waals surface area contributed by atoms with Gasteiger partial charge in [0, 0.05) is 27.7 Å². The molecule has 1 unspecified atom stereocenters. The van der Waals surface area contributed by atoms with Gasteiger partial charge in [0.05, 0.1) is 0 Å². The van der Waals surface area contributed by atoms with Gasteiger partial charge in [0.25, 0.3) is 5.91 Å². The maximum atomic E-state index is 12.5. The van der Waals surface area contributed by atoms with Gasteiger partial charge in [-0.1, -0.05) is 48.5 Å². The van der Waals surface area contributed by atoms with Gasteiger partial charge in [-0.25, -0.2) is 4.79 Å². The third-order valence-corrected chi connectivity index (χ3v) is 6.34. The summed E-state index contributed by atoms with van der Waals surface area (Å²) in [6, 6.07) is 17.4. The molecule has 0 spiro atoms. The highest BCUT2D eigenvalue weighted by Gasteiger charge is 2.47. The van der Waals surface area contributed by atoms with Gasteiger partial charge in [-0.15, -0.1) is 0 Å². The highest BCUT2D eigenvalue weighted by molar-refractivity contribution is 7.99. The number of rotatable bonds is 7. The van der Waals surface area contributed by atoms with Crippen LogP contribution in [0.15, 0.2) is 76.8 Å². The van der Waals surface area contributed by atoms with Crippen molar-refractivity contribution in [2.45, 2.75) is 42.2 Å². The Balaban J connectivity index is 1.50. The first kappa shape index (κ1) is 20.9. The van der Waals surface area contributed by atoms with Crippen LogP contribution in [0.5, 0.6) is 5.75 Å². The zero-order chi connectivity index (χ0) is 21.8. The largest absolute Gasteiger partial charge is 0.489 e. The molecule has 6 nitrogen and oxygen atoms in total. The van der Waals surface area contributed by atoms with E-state index in [0.717, 1.165) is 21.1 Å². The first-order chi connectivity index (χ1) is 15.0. The zero-order valence-corrected chi connectivity index (χ0v) is 18.2. The first-order valence-corrected chi connectivity index (χ1v) is 10.9. The van der Waals surface area contributed by atoms with Crippen LogP contribution in [0.3, 0.4) is 0 Å². The summed E-state index contributed by atoms with van der Waals surface area (Å²) in [5.74, 6) is 0.433. The molecule has 2 N–H and O–H groups in total. The molecule has 2 heterocycles. The number of amides is 3. The predicted octanol–water partition coefficient (Wildman–Crippen LogP) is 4.56. The van der Waals surface area contributed by atoms with Crippen LogP contribution in [0.25, 0.3) is 0 Å². The molecule has 31 heavy (non-hydrogen) atoms. The van der Waals surface area contributed by atoms with E-state index in [9.17, 15) is 9.59 Å². The van der Waals surface area contributed by atoms with Crippen molar-refractivity contribution in [3.05, 3.63) is 83.7 Å². The van der Waals surface area contributed by atoms with E-state index in [1.54, 1.807) is 12.4 Å². The topological polar surface area (TPSA) is 80.3 Å². The zero-order valence-electron chi connectivity index (χ0n) is 17.3. The van der Waals surface area contributed by atoms with Crippen molar-refractivity contribution >= 4 is 23.7 Å². The summed E-state index contributed by atoms with van der Waals surface area (Å²) in [5.41, 5.74) is 1.91. The maximum Gasteiger partial charge on any atom is 0.322 e. The molecule has 0 saturated carbocycles. The van der Waals surface area contributed by atoms with E-state index in [4.69, 9.17) is 4.74 Å². The molecule has 0 aliphatic carbocycles. The molecule has 1 aromatic heterocycles. The lowest BCUT2D eigenvalue weighted by atomic mass is 9.88. The number of aryl methyl sites for hydroxylation is 1. The normalized spacial score (nSPS) is 17.9. The molecule has 1 fully saturated rings. The van der Waals surface area contributed by atoms with E-state index in [0.29, 0.717) is 18.6 Å². The number of carbonyl (C=O) groups is 2. The number of hydrogen-bond donors (Lipinski definition) is 2. The SMILES string of the molecule is CCC1(c2cnccc2Sc2ccc(OCc3cccc(C)c3)cc2)NC(=O)NC1=O. The highest BCUT2D eigenvalue weighted by Crippen LogP contribution is 2.38. The number of benzene rings is 2. The number of ether oxygens (including phenoxy) is 1. The summed E-state index contributed by atoms with van der Waals surface area (Å²) in [6.45, 7) is 4.44. The van der Waals surface area contributed by atoms with E-state index in [2.05, 4.69) is 34.7 Å². The lowest BCUT2D eigenvalue weighted by Crippen LogP contribution is -2.43. The van der Waals surface area contributed by atoms with Gasteiger partial charge in [0.15, 0.2) is 0 Å². The van der Waals surface area contributed by atoms with Crippen molar-refractivity contribution in [1.82, 2.24) is 15.6 Å². The Morgan fingerprint density at radius 1 is 1.10 bits per heavy atom. The molecule has 158 valence electrons. The number of pyridine rings is 1. The predicted molar refractivity (Wildman–Crippen MR) is 119 cm³/mol. The molecule has 1 atom stereocenters. The fraction of sp³-hybridized carbons (Fsp3) is 0.208. The van der Waals surface area contributed by atoms with Crippen molar-refractivity contribution in [2.75, 3.05) is 0 Å². The lowest BCUT2D eigenvalue weighted by molar-refractivity contribution is -0.124. The average Bonchev–Trinajstić information content (AvgIpc) is 3.07. The van der Waals surface area contributed by atoms with Crippen LogP contribution >= 0.6 is 11.8 Å². The number of imide groups is 1. The molecule has 1 saturated heterocycles. The summed E-state index contributed by atoms with van der Waals surface area (Å²) < 4.78 is 5.90. The van der Waals surface area contributed by atoms with Gasteiger partial charge >= 0.3 is 6.03 Å². The minimum absolute atomic E-state index is 0.352. The van der Waals surface area contributed by atoms with Crippen LogP contribution in [-0.2, 0) is 16.9 Å². The number of nitrogens with one attached hydrogen (secondary N) is 2. The van der Waals surface area contributed by atoms with Gasteiger partial charge in [-0.3, -0.25) is 15.1 Å². The van der Waals surface area contributed by atoms with Crippen molar-refractivity contribution in [1.29, 1.82) is 0 Å². The Labute approximate surface area is 185 Å². The van der Waals surface area contributed by atoms with Gasteiger partial charge in [0.2, 0.25) is 0 Å². The van der Waals surface area contributed by atoms with Crippen molar-refractivity contribution in [2.24, 2.45) is 0 Å². The number of nitrogens with zero attached hydrogens (tertiary/aromatic N) is 1. The van der Waals surface area contributed by atoms with E-state index >= 15 is 0 Å². The number of urea groups is 1. The molecule has 2 aromatic carbocycles. The van der Waals surface area contributed by atoms with Gasteiger partial charge in [-0.2, -0.15) is 0 Å². The minimum atomic E-state index is -1.11. The van der Waals surface area contributed by atoms with E-state index in [-0.39, 0.29) is 5.91 Å². The first-order valence-electron chi connectivity index (χ1n) is 10.0. The molecule has 0 radical (unpaired) electrons. The van der Waals surface area contributed by atoms with Crippen LogP contribution in [0.4, 0.5) is 4.79 Å². The molecule has 3 amide bonds. The van der Waals surface area contributed by atoms with Crippen molar-refractivity contribution in [3.63, 3.8) is 0 Å². The second-order valence-corrected chi connectivity index (χ2v) is 8.51. The quantitative estimate of drug-likeness (QED) is 0.534.